The van der Waals surface area contributed by atoms with Crippen molar-refractivity contribution in [2.24, 2.45) is 5.73 Å². The summed E-state index contributed by atoms with van der Waals surface area (Å²) in [6.07, 6.45) is 3.05. The minimum atomic E-state index is -0.791. The maximum Gasteiger partial charge on any atom is 0.242 e. The number of rotatable bonds is 10. The van der Waals surface area contributed by atoms with Crippen LogP contribution in [-0.4, -0.2) is 37.5 Å². The van der Waals surface area contributed by atoms with Crippen molar-refractivity contribution in [1.82, 2.24) is 10.2 Å². The first kappa shape index (κ1) is 17.7. The zero-order chi connectivity index (χ0) is 15.7. The molecule has 4 nitrogen and oxygen atoms in total. The molecule has 0 spiro atoms. The van der Waals surface area contributed by atoms with Gasteiger partial charge in [-0.05, 0) is 38.5 Å². The van der Waals surface area contributed by atoms with Gasteiger partial charge < -0.3 is 16.0 Å². The van der Waals surface area contributed by atoms with Crippen LogP contribution in [0.5, 0.6) is 0 Å². The Bertz CT molecular complexity index is 421. The fraction of sp³-hybridized carbons (Fsp3) is 0.588. The molecule has 118 valence electrons. The molecule has 0 saturated carbocycles. The minimum absolute atomic E-state index is 0.317. The van der Waals surface area contributed by atoms with Gasteiger partial charge in [0.1, 0.15) is 5.54 Å². The highest BCUT2D eigenvalue weighted by molar-refractivity contribution is 5.86. The molecule has 0 fully saturated rings. The van der Waals surface area contributed by atoms with Crippen molar-refractivity contribution in [2.75, 3.05) is 26.7 Å². The number of nitrogens with one attached hydrogen (secondary N) is 1. The Morgan fingerprint density at radius 1 is 1.24 bits per heavy atom. The molecule has 0 aromatic heterocycles. The lowest BCUT2D eigenvalue weighted by atomic mass is 9.85. The van der Waals surface area contributed by atoms with Crippen molar-refractivity contribution in [2.45, 2.75) is 38.6 Å². The van der Waals surface area contributed by atoms with Crippen molar-refractivity contribution < 1.29 is 4.79 Å². The molecule has 0 saturated heterocycles. The lowest BCUT2D eigenvalue weighted by molar-refractivity contribution is -0.125. The molecular weight excluding hydrogens is 262 g/mol. The second-order valence-electron chi connectivity index (χ2n) is 5.42. The molecule has 0 aliphatic carbocycles. The van der Waals surface area contributed by atoms with Gasteiger partial charge >= 0.3 is 0 Å². The second kappa shape index (κ2) is 8.80. The van der Waals surface area contributed by atoms with Crippen molar-refractivity contribution in [1.29, 1.82) is 0 Å². The van der Waals surface area contributed by atoms with E-state index in [0.29, 0.717) is 6.42 Å². The molecule has 0 aliphatic rings. The zero-order valence-corrected chi connectivity index (χ0v) is 13.6. The Kier molecular flexibility index (Phi) is 7.40. The lowest BCUT2D eigenvalue weighted by Crippen LogP contribution is -2.52. The van der Waals surface area contributed by atoms with E-state index in [4.69, 9.17) is 5.73 Å². The third-order valence-electron chi connectivity index (χ3n) is 4.19. The van der Waals surface area contributed by atoms with Crippen LogP contribution in [0.1, 0.15) is 38.7 Å². The third-order valence-corrected chi connectivity index (χ3v) is 4.19. The van der Waals surface area contributed by atoms with Gasteiger partial charge in [-0.25, -0.2) is 0 Å². The van der Waals surface area contributed by atoms with Gasteiger partial charge in [0.2, 0.25) is 5.91 Å². The first-order valence-corrected chi connectivity index (χ1v) is 7.87. The van der Waals surface area contributed by atoms with E-state index in [9.17, 15) is 4.79 Å². The van der Waals surface area contributed by atoms with Gasteiger partial charge in [-0.1, -0.05) is 50.6 Å². The van der Waals surface area contributed by atoms with E-state index in [0.717, 1.165) is 25.2 Å². The number of carbonyl (C=O) groups excluding carboxylic acids is 1. The van der Waals surface area contributed by atoms with Gasteiger partial charge in [0, 0.05) is 6.54 Å². The highest BCUT2D eigenvalue weighted by atomic mass is 16.1. The number of hydrogen-bond acceptors (Lipinski definition) is 3. The van der Waals surface area contributed by atoms with E-state index in [2.05, 4.69) is 24.1 Å². The predicted molar refractivity (Wildman–Crippen MR) is 88.0 cm³/mol. The highest BCUT2D eigenvalue weighted by Crippen LogP contribution is 2.25. The molecule has 4 heteroatoms. The summed E-state index contributed by atoms with van der Waals surface area (Å²) in [5.41, 5.74) is 5.87. The van der Waals surface area contributed by atoms with Gasteiger partial charge in [0.15, 0.2) is 0 Å². The number of benzene rings is 1. The molecule has 0 heterocycles. The number of likely N-dealkylation sites (N-methyl/N-ethyl adjacent to an activating group) is 1. The van der Waals surface area contributed by atoms with Gasteiger partial charge in [0.05, 0.1) is 0 Å². The van der Waals surface area contributed by atoms with Crippen LogP contribution < -0.4 is 11.1 Å². The lowest BCUT2D eigenvalue weighted by Gasteiger charge is -2.33. The van der Waals surface area contributed by atoms with Gasteiger partial charge in [0.25, 0.3) is 0 Å². The van der Waals surface area contributed by atoms with E-state index in [1.54, 1.807) is 7.05 Å². The monoisotopic (exact) mass is 291 g/mol. The Morgan fingerprint density at radius 2 is 1.90 bits per heavy atom. The molecule has 1 rings (SSSR count). The molecule has 1 unspecified atom stereocenters. The SMILES string of the molecule is CCCCN(CC)CCC(NC)(C(N)=O)c1ccccc1. The Balaban J connectivity index is 2.86. The predicted octanol–water partition coefficient (Wildman–Crippen LogP) is 2.10. The van der Waals surface area contributed by atoms with E-state index >= 15 is 0 Å². The van der Waals surface area contributed by atoms with Crippen LogP contribution >= 0.6 is 0 Å². The minimum Gasteiger partial charge on any atom is -0.368 e. The standard InChI is InChI=1S/C17H29N3O/c1-4-6-13-20(5-2)14-12-17(19-3,16(18)21)15-10-8-7-9-11-15/h7-11,19H,4-6,12-14H2,1-3H3,(H2,18,21). The van der Waals surface area contributed by atoms with Crippen molar-refractivity contribution in [3.8, 4) is 0 Å². The summed E-state index contributed by atoms with van der Waals surface area (Å²) in [6, 6.07) is 9.76. The first-order valence-electron chi connectivity index (χ1n) is 7.87. The molecule has 3 N–H and O–H groups in total. The molecule has 1 aromatic carbocycles. The number of carbonyl (C=O) groups is 1. The fourth-order valence-corrected chi connectivity index (χ4v) is 2.66. The normalized spacial score (nSPS) is 14.1. The van der Waals surface area contributed by atoms with Crippen molar-refractivity contribution in [3.63, 3.8) is 0 Å². The van der Waals surface area contributed by atoms with Gasteiger partial charge in [-0.2, -0.15) is 0 Å². The number of amides is 1. The van der Waals surface area contributed by atoms with Crippen molar-refractivity contribution >= 4 is 5.91 Å². The summed E-state index contributed by atoms with van der Waals surface area (Å²) in [6.45, 7) is 7.27. The largest absolute Gasteiger partial charge is 0.368 e. The number of hydrogen-bond donors (Lipinski definition) is 2. The highest BCUT2D eigenvalue weighted by Gasteiger charge is 2.36. The summed E-state index contributed by atoms with van der Waals surface area (Å²) < 4.78 is 0. The maximum atomic E-state index is 12.1. The molecule has 21 heavy (non-hydrogen) atoms. The molecule has 1 aromatic rings. The van der Waals surface area contributed by atoms with Gasteiger partial charge in [-0.15, -0.1) is 0 Å². The summed E-state index contributed by atoms with van der Waals surface area (Å²) in [4.78, 5) is 14.5. The molecule has 1 amide bonds. The maximum absolute atomic E-state index is 12.1. The summed E-state index contributed by atoms with van der Waals surface area (Å²) in [7, 11) is 1.81. The smallest absolute Gasteiger partial charge is 0.242 e. The van der Waals surface area contributed by atoms with Crippen LogP contribution in [-0.2, 0) is 10.3 Å². The van der Waals surface area contributed by atoms with Crippen LogP contribution in [0.3, 0.4) is 0 Å². The molecule has 0 radical (unpaired) electrons. The molecule has 0 aliphatic heterocycles. The molecule has 1 atom stereocenters. The third kappa shape index (κ3) is 4.55. The van der Waals surface area contributed by atoms with Crippen LogP contribution in [0.2, 0.25) is 0 Å². The zero-order valence-electron chi connectivity index (χ0n) is 13.6. The second-order valence-corrected chi connectivity index (χ2v) is 5.42. The number of unbranched alkanes of at least 4 members (excludes halogenated alkanes) is 1. The average molecular weight is 291 g/mol. The van der Waals surface area contributed by atoms with Crippen LogP contribution in [0.25, 0.3) is 0 Å². The fourth-order valence-electron chi connectivity index (χ4n) is 2.66. The summed E-state index contributed by atoms with van der Waals surface area (Å²) in [5.74, 6) is -0.317. The first-order chi connectivity index (χ1) is 10.1. The summed E-state index contributed by atoms with van der Waals surface area (Å²) in [5, 5.41) is 3.17. The van der Waals surface area contributed by atoms with Crippen LogP contribution in [0.15, 0.2) is 30.3 Å². The van der Waals surface area contributed by atoms with Crippen LogP contribution in [0, 0.1) is 0 Å². The van der Waals surface area contributed by atoms with E-state index < -0.39 is 5.54 Å². The van der Waals surface area contributed by atoms with Crippen molar-refractivity contribution in [3.05, 3.63) is 35.9 Å². The Morgan fingerprint density at radius 3 is 2.38 bits per heavy atom. The topological polar surface area (TPSA) is 58.4 Å². The number of primary amides is 1. The Labute approximate surface area is 128 Å². The quantitative estimate of drug-likeness (QED) is 0.694. The molecular formula is C17H29N3O. The number of nitrogens with zero attached hydrogens (tertiary/aromatic N) is 1. The van der Waals surface area contributed by atoms with Crippen LogP contribution in [0.4, 0.5) is 0 Å². The van der Waals surface area contributed by atoms with Gasteiger partial charge in [-0.3, -0.25) is 4.79 Å². The van der Waals surface area contributed by atoms with E-state index in [1.807, 2.05) is 30.3 Å². The Hall–Kier alpha value is -1.39. The molecule has 0 bridgehead atoms. The van der Waals surface area contributed by atoms with E-state index in [1.165, 1.54) is 12.8 Å². The van der Waals surface area contributed by atoms with E-state index in [-0.39, 0.29) is 5.91 Å². The summed E-state index contributed by atoms with van der Waals surface area (Å²) >= 11 is 0. The average Bonchev–Trinajstić information content (AvgIpc) is 2.52. The number of nitrogens with two attached hydrogens (primary N) is 1.